The number of rotatable bonds is 2. The van der Waals surface area contributed by atoms with E-state index in [-0.39, 0.29) is 12.1 Å². The second-order valence-corrected chi connectivity index (χ2v) is 5.53. The Bertz CT molecular complexity index is 613. The van der Waals surface area contributed by atoms with Crippen LogP contribution in [0.25, 0.3) is 0 Å². The molecular formula is C7H2ClF4NO4S. The number of alkyl halides is 3. The van der Waals surface area contributed by atoms with Gasteiger partial charge in [-0.15, -0.1) is 0 Å². The highest BCUT2D eigenvalue weighted by Gasteiger charge is 2.44. The number of halogens is 5. The highest BCUT2D eigenvalue weighted by atomic mass is 35.7. The molecule has 0 unspecified atom stereocenters. The first kappa shape index (κ1) is 14.6. The van der Waals surface area contributed by atoms with E-state index < -0.39 is 42.1 Å². The fourth-order valence-electron chi connectivity index (χ4n) is 1.19. The summed E-state index contributed by atoms with van der Waals surface area (Å²) < 4.78 is 72.4. The van der Waals surface area contributed by atoms with E-state index in [1.165, 1.54) is 0 Å². The average Bonchev–Trinajstić information content (AvgIpc) is 2.12. The molecule has 0 fully saturated rings. The van der Waals surface area contributed by atoms with Crippen LogP contribution in [0.4, 0.5) is 23.2 Å². The third-order valence-corrected chi connectivity index (χ3v) is 3.14. The molecule has 1 aromatic carbocycles. The van der Waals surface area contributed by atoms with Crippen LogP contribution in [0.2, 0.25) is 0 Å². The number of hydrogen-bond acceptors (Lipinski definition) is 4. The van der Waals surface area contributed by atoms with Crippen LogP contribution >= 0.6 is 10.7 Å². The van der Waals surface area contributed by atoms with Gasteiger partial charge in [0, 0.05) is 10.7 Å². The Kier molecular flexibility index (Phi) is 3.54. The van der Waals surface area contributed by atoms with Crippen LogP contribution in [0.5, 0.6) is 0 Å². The van der Waals surface area contributed by atoms with Crippen LogP contribution < -0.4 is 0 Å². The number of nitrogens with zero attached hydrogens (tertiary/aromatic N) is 1. The van der Waals surface area contributed by atoms with E-state index in [0.29, 0.717) is 0 Å². The molecule has 1 rings (SSSR count). The molecule has 5 nitrogen and oxygen atoms in total. The first-order valence-corrected chi connectivity index (χ1v) is 6.25. The minimum Gasteiger partial charge on any atom is -0.258 e. The summed E-state index contributed by atoms with van der Waals surface area (Å²) in [7, 11) is -0.286. The predicted molar refractivity (Wildman–Crippen MR) is 51.1 cm³/mol. The molecule has 0 bridgehead atoms. The van der Waals surface area contributed by atoms with Gasteiger partial charge in [-0.05, 0) is 6.07 Å². The van der Waals surface area contributed by atoms with Crippen LogP contribution in [-0.2, 0) is 15.2 Å². The van der Waals surface area contributed by atoms with Crippen molar-refractivity contribution in [3.8, 4) is 0 Å². The lowest BCUT2D eigenvalue weighted by Crippen LogP contribution is -2.14. The molecule has 0 saturated heterocycles. The van der Waals surface area contributed by atoms with Crippen molar-refractivity contribution < 1.29 is 30.9 Å². The summed E-state index contributed by atoms with van der Waals surface area (Å²) in [6, 6.07) is -0.0629. The summed E-state index contributed by atoms with van der Waals surface area (Å²) in [6.07, 6.45) is -5.37. The van der Waals surface area contributed by atoms with Crippen molar-refractivity contribution in [1.29, 1.82) is 0 Å². The number of benzene rings is 1. The molecule has 100 valence electrons. The summed E-state index contributed by atoms with van der Waals surface area (Å²) >= 11 is 0. The fourth-order valence-corrected chi connectivity index (χ4v) is 2.27. The Labute approximate surface area is 102 Å². The normalized spacial score (nSPS) is 12.5. The number of nitro benzene ring substituents is 1. The molecular weight excluding hydrogens is 306 g/mol. The Hall–Kier alpha value is -1.42. The van der Waals surface area contributed by atoms with Gasteiger partial charge in [0.2, 0.25) is 0 Å². The lowest BCUT2D eigenvalue weighted by atomic mass is 10.1. The van der Waals surface area contributed by atoms with Gasteiger partial charge in [-0.2, -0.15) is 13.2 Å². The van der Waals surface area contributed by atoms with E-state index in [2.05, 4.69) is 0 Å². The quantitative estimate of drug-likeness (QED) is 0.364. The van der Waals surface area contributed by atoms with Gasteiger partial charge in [-0.25, -0.2) is 12.8 Å². The van der Waals surface area contributed by atoms with Gasteiger partial charge in [0.05, 0.1) is 11.0 Å². The van der Waals surface area contributed by atoms with E-state index in [9.17, 15) is 36.1 Å². The minimum atomic E-state index is -5.37. The molecule has 0 saturated carbocycles. The Morgan fingerprint density at radius 1 is 1.28 bits per heavy atom. The van der Waals surface area contributed by atoms with E-state index in [0.717, 1.165) is 0 Å². The third-order valence-electron chi connectivity index (χ3n) is 1.79. The molecule has 0 heterocycles. The van der Waals surface area contributed by atoms with Crippen molar-refractivity contribution in [3.05, 3.63) is 33.6 Å². The van der Waals surface area contributed by atoms with E-state index in [1.807, 2.05) is 0 Å². The highest BCUT2D eigenvalue weighted by Crippen LogP contribution is 2.41. The maximum atomic E-state index is 12.9. The SMILES string of the molecule is O=[N+]([O-])c1cc(F)cc(S(=O)(=O)Cl)c1C(F)(F)F. The molecule has 0 N–H and O–H groups in total. The zero-order valence-corrected chi connectivity index (χ0v) is 9.61. The van der Waals surface area contributed by atoms with E-state index in [4.69, 9.17) is 10.7 Å². The van der Waals surface area contributed by atoms with E-state index >= 15 is 0 Å². The standard InChI is InChI=1S/C7H2ClF4NO4S/c8-18(16,17)5-2-3(9)1-4(13(14)15)6(5)7(10,11)12/h1-2H. The average molecular weight is 308 g/mol. The second-order valence-electron chi connectivity index (χ2n) is 2.99. The Morgan fingerprint density at radius 2 is 1.78 bits per heavy atom. The van der Waals surface area contributed by atoms with Crippen molar-refractivity contribution in [1.82, 2.24) is 0 Å². The molecule has 0 spiro atoms. The Morgan fingerprint density at radius 3 is 2.11 bits per heavy atom. The lowest BCUT2D eigenvalue weighted by molar-refractivity contribution is -0.388. The summed E-state index contributed by atoms with van der Waals surface area (Å²) in [5.74, 6) is -1.52. The molecule has 0 aliphatic carbocycles. The van der Waals surface area contributed by atoms with Crippen LogP contribution in [0.15, 0.2) is 17.0 Å². The Balaban J connectivity index is 3.88. The number of hydrogen-bond donors (Lipinski definition) is 0. The summed E-state index contributed by atoms with van der Waals surface area (Å²) in [4.78, 5) is 7.17. The van der Waals surface area contributed by atoms with Crippen molar-refractivity contribution in [2.75, 3.05) is 0 Å². The smallest absolute Gasteiger partial charge is 0.258 e. The zero-order valence-electron chi connectivity index (χ0n) is 8.03. The summed E-state index contributed by atoms with van der Waals surface area (Å²) in [5, 5.41) is 10.4. The van der Waals surface area contributed by atoms with Gasteiger partial charge < -0.3 is 0 Å². The largest absolute Gasteiger partial charge is 0.424 e. The molecule has 0 aliphatic heterocycles. The van der Waals surface area contributed by atoms with Crippen molar-refractivity contribution in [2.24, 2.45) is 0 Å². The monoisotopic (exact) mass is 307 g/mol. The lowest BCUT2D eigenvalue weighted by Gasteiger charge is -2.11. The van der Waals surface area contributed by atoms with Crippen molar-refractivity contribution in [2.45, 2.75) is 11.1 Å². The first-order valence-electron chi connectivity index (χ1n) is 3.94. The van der Waals surface area contributed by atoms with Crippen LogP contribution in [0.3, 0.4) is 0 Å². The first-order chi connectivity index (χ1) is 7.94. The van der Waals surface area contributed by atoms with Crippen LogP contribution in [0, 0.1) is 15.9 Å². The highest BCUT2D eigenvalue weighted by molar-refractivity contribution is 8.13. The molecule has 18 heavy (non-hydrogen) atoms. The predicted octanol–water partition coefficient (Wildman–Crippen LogP) is 2.68. The van der Waals surface area contributed by atoms with E-state index in [1.54, 1.807) is 0 Å². The maximum Gasteiger partial charge on any atom is 0.424 e. The fraction of sp³-hybridized carbons (Fsp3) is 0.143. The van der Waals surface area contributed by atoms with Gasteiger partial charge in [-0.1, -0.05) is 0 Å². The third kappa shape index (κ3) is 2.88. The van der Waals surface area contributed by atoms with Crippen molar-refractivity contribution >= 4 is 25.4 Å². The summed E-state index contributed by atoms with van der Waals surface area (Å²) in [5.41, 5.74) is -3.83. The maximum absolute atomic E-state index is 12.9. The molecule has 11 heteroatoms. The minimum absolute atomic E-state index is 0.0296. The molecule has 0 aliphatic rings. The molecule has 1 aromatic rings. The van der Waals surface area contributed by atoms with Gasteiger partial charge in [0.15, 0.2) is 5.56 Å². The molecule has 0 amide bonds. The molecule has 0 radical (unpaired) electrons. The second kappa shape index (κ2) is 4.35. The summed E-state index contributed by atoms with van der Waals surface area (Å²) in [6.45, 7) is 0. The number of nitro groups is 1. The van der Waals surface area contributed by atoms with Crippen LogP contribution in [-0.4, -0.2) is 13.3 Å². The molecule has 0 atom stereocenters. The van der Waals surface area contributed by atoms with Crippen molar-refractivity contribution in [3.63, 3.8) is 0 Å². The zero-order chi connectivity index (χ0) is 14.3. The van der Waals surface area contributed by atoms with Gasteiger partial charge in [-0.3, -0.25) is 10.1 Å². The van der Waals surface area contributed by atoms with Gasteiger partial charge >= 0.3 is 6.18 Å². The molecule has 0 aromatic heterocycles. The topological polar surface area (TPSA) is 77.3 Å². The van der Waals surface area contributed by atoms with Crippen LogP contribution in [0.1, 0.15) is 5.56 Å². The van der Waals surface area contributed by atoms with Gasteiger partial charge in [0.1, 0.15) is 10.7 Å². The van der Waals surface area contributed by atoms with Gasteiger partial charge in [0.25, 0.3) is 14.7 Å².